The molecule has 0 saturated heterocycles. The van der Waals surface area contributed by atoms with Crippen LogP contribution < -0.4 is 10.6 Å². The van der Waals surface area contributed by atoms with E-state index in [0.29, 0.717) is 32.7 Å². The Kier molecular flexibility index (Phi) is 9.35. The Morgan fingerprint density at radius 2 is 1.38 bits per heavy atom. The van der Waals surface area contributed by atoms with Crippen LogP contribution in [0, 0.1) is 11.6 Å². The highest BCUT2D eigenvalue weighted by Gasteiger charge is 2.15. The molecule has 168 valence electrons. The quantitative estimate of drug-likeness (QED) is 0.412. The van der Waals surface area contributed by atoms with Crippen LogP contribution in [0.2, 0.25) is 0 Å². The van der Waals surface area contributed by atoms with E-state index in [4.69, 9.17) is 4.74 Å². The summed E-state index contributed by atoms with van der Waals surface area (Å²) in [6, 6.07) is 22.1. The van der Waals surface area contributed by atoms with Gasteiger partial charge in [0.25, 0.3) is 0 Å². The monoisotopic (exact) mass is 438 g/mol. The zero-order valence-electron chi connectivity index (χ0n) is 17.9. The van der Waals surface area contributed by atoms with Crippen molar-refractivity contribution >= 4 is 5.91 Å². The first-order valence-electron chi connectivity index (χ1n) is 10.8. The number of hydrogen-bond donors (Lipinski definition) is 2. The van der Waals surface area contributed by atoms with E-state index in [0.717, 1.165) is 23.1 Å². The number of hydrogen-bond acceptors (Lipinski definition) is 3. The van der Waals surface area contributed by atoms with Gasteiger partial charge in [0, 0.05) is 26.1 Å². The number of benzene rings is 3. The highest BCUT2D eigenvalue weighted by Crippen LogP contribution is 2.26. The molecule has 32 heavy (non-hydrogen) atoms. The molecular weight excluding hydrogens is 410 g/mol. The van der Waals surface area contributed by atoms with Gasteiger partial charge in [0.15, 0.2) is 0 Å². The molecule has 3 aromatic rings. The van der Waals surface area contributed by atoms with Gasteiger partial charge in [-0.05, 0) is 47.4 Å². The van der Waals surface area contributed by atoms with E-state index in [2.05, 4.69) is 10.6 Å². The summed E-state index contributed by atoms with van der Waals surface area (Å²) in [5, 5.41) is 6.13. The van der Waals surface area contributed by atoms with Crippen molar-refractivity contribution in [3.05, 3.63) is 107 Å². The lowest BCUT2D eigenvalue weighted by Gasteiger charge is -2.19. The maximum atomic E-state index is 13.3. The van der Waals surface area contributed by atoms with Crippen molar-refractivity contribution in [2.45, 2.75) is 18.9 Å². The molecule has 0 fully saturated rings. The van der Waals surface area contributed by atoms with Crippen LogP contribution in [0.4, 0.5) is 8.78 Å². The highest BCUT2D eigenvalue weighted by molar-refractivity contribution is 5.76. The van der Waals surface area contributed by atoms with Gasteiger partial charge < -0.3 is 15.4 Å². The van der Waals surface area contributed by atoms with Gasteiger partial charge in [0.05, 0.1) is 6.61 Å². The molecule has 0 saturated carbocycles. The molecule has 3 rings (SSSR count). The van der Waals surface area contributed by atoms with Crippen LogP contribution in [0.1, 0.15) is 29.2 Å². The molecule has 0 aliphatic carbocycles. The molecule has 4 nitrogen and oxygen atoms in total. The van der Waals surface area contributed by atoms with Gasteiger partial charge in [-0.1, -0.05) is 54.6 Å². The molecule has 0 bridgehead atoms. The topological polar surface area (TPSA) is 50.4 Å². The lowest BCUT2D eigenvalue weighted by Crippen LogP contribution is -2.33. The Bertz CT molecular complexity index is 902. The van der Waals surface area contributed by atoms with Crippen molar-refractivity contribution in [1.82, 2.24) is 10.6 Å². The summed E-state index contributed by atoms with van der Waals surface area (Å²) < 4.78 is 32.6. The average Bonchev–Trinajstić information content (AvgIpc) is 2.82. The van der Waals surface area contributed by atoms with Crippen LogP contribution in [0.25, 0.3) is 0 Å². The van der Waals surface area contributed by atoms with Gasteiger partial charge in [0.1, 0.15) is 17.7 Å². The van der Waals surface area contributed by atoms with Gasteiger partial charge in [-0.15, -0.1) is 0 Å². The molecule has 0 aliphatic rings. The summed E-state index contributed by atoms with van der Waals surface area (Å²) in [6.45, 7) is 2.14. The summed E-state index contributed by atoms with van der Waals surface area (Å²) in [7, 11) is 0. The Balaban J connectivity index is 1.37. The first-order valence-corrected chi connectivity index (χ1v) is 10.8. The second-order valence-electron chi connectivity index (χ2n) is 7.44. The van der Waals surface area contributed by atoms with Crippen molar-refractivity contribution in [1.29, 1.82) is 0 Å². The molecule has 0 aromatic heterocycles. The number of carbonyl (C=O) groups is 1. The van der Waals surface area contributed by atoms with Crippen LogP contribution in [0.3, 0.4) is 0 Å². The van der Waals surface area contributed by atoms with Gasteiger partial charge in [0.2, 0.25) is 5.91 Å². The number of ether oxygens (including phenoxy) is 1. The van der Waals surface area contributed by atoms with E-state index >= 15 is 0 Å². The molecule has 3 aromatic carbocycles. The Morgan fingerprint density at radius 1 is 0.781 bits per heavy atom. The highest BCUT2D eigenvalue weighted by atomic mass is 19.1. The summed E-state index contributed by atoms with van der Waals surface area (Å²) >= 11 is 0. The van der Waals surface area contributed by atoms with Crippen molar-refractivity contribution in [3.8, 4) is 0 Å². The summed E-state index contributed by atoms with van der Waals surface area (Å²) in [6.07, 6.45) is 0.766. The zero-order valence-corrected chi connectivity index (χ0v) is 17.9. The fourth-order valence-corrected chi connectivity index (χ4v) is 3.32. The minimum Gasteiger partial charge on any atom is -0.367 e. The van der Waals surface area contributed by atoms with Crippen molar-refractivity contribution in [2.24, 2.45) is 0 Å². The number of amides is 1. The van der Waals surface area contributed by atoms with Crippen LogP contribution in [0.15, 0.2) is 78.9 Å². The standard InChI is InChI=1S/C26H28F2N2O2/c27-23-11-7-21(8-12-23)26(22-9-13-24(28)14-10-22)32-19-18-29-16-17-30-25(31)15-6-20-4-2-1-3-5-20/h1-5,7-14,26,29H,6,15-19H2,(H,30,31). The van der Waals surface area contributed by atoms with Crippen LogP contribution in [-0.4, -0.2) is 32.1 Å². The van der Waals surface area contributed by atoms with Crippen LogP contribution in [-0.2, 0) is 16.0 Å². The molecule has 0 aliphatic heterocycles. The smallest absolute Gasteiger partial charge is 0.220 e. The lowest BCUT2D eigenvalue weighted by atomic mass is 10.0. The van der Waals surface area contributed by atoms with E-state index in [-0.39, 0.29) is 17.5 Å². The summed E-state index contributed by atoms with van der Waals surface area (Å²) in [4.78, 5) is 11.9. The SMILES string of the molecule is O=C(CCc1ccccc1)NCCNCCOC(c1ccc(F)cc1)c1ccc(F)cc1. The van der Waals surface area contributed by atoms with E-state index < -0.39 is 6.10 Å². The Labute approximate surface area is 187 Å². The van der Waals surface area contributed by atoms with E-state index in [1.54, 1.807) is 24.3 Å². The van der Waals surface area contributed by atoms with Gasteiger partial charge in [-0.2, -0.15) is 0 Å². The minimum atomic E-state index is -0.421. The fourth-order valence-electron chi connectivity index (χ4n) is 3.32. The molecule has 6 heteroatoms. The van der Waals surface area contributed by atoms with E-state index in [1.165, 1.54) is 24.3 Å². The van der Waals surface area contributed by atoms with Crippen LogP contribution in [0.5, 0.6) is 0 Å². The zero-order chi connectivity index (χ0) is 22.6. The maximum Gasteiger partial charge on any atom is 0.220 e. The van der Waals surface area contributed by atoms with Gasteiger partial charge in [-0.3, -0.25) is 4.79 Å². The average molecular weight is 439 g/mol. The summed E-state index contributed by atoms with van der Waals surface area (Å²) in [5.74, 6) is -0.613. The molecular formula is C26H28F2N2O2. The van der Waals surface area contributed by atoms with Crippen molar-refractivity contribution in [3.63, 3.8) is 0 Å². The molecule has 2 N–H and O–H groups in total. The third kappa shape index (κ3) is 7.87. The third-order valence-electron chi connectivity index (χ3n) is 5.02. The second-order valence-corrected chi connectivity index (χ2v) is 7.44. The fraction of sp³-hybridized carbons (Fsp3) is 0.269. The largest absolute Gasteiger partial charge is 0.367 e. The first kappa shape index (κ1) is 23.6. The maximum absolute atomic E-state index is 13.3. The predicted molar refractivity (Wildman–Crippen MR) is 121 cm³/mol. The molecule has 0 heterocycles. The molecule has 1 amide bonds. The third-order valence-corrected chi connectivity index (χ3v) is 5.02. The Morgan fingerprint density at radius 3 is 1.97 bits per heavy atom. The number of carbonyl (C=O) groups excluding carboxylic acids is 1. The lowest BCUT2D eigenvalue weighted by molar-refractivity contribution is -0.121. The minimum absolute atomic E-state index is 0.0274. The molecule has 0 spiro atoms. The van der Waals surface area contributed by atoms with E-state index in [9.17, 15) is 13.6 Å². The summed E-state index contributed by atoms with van der Waals surface area (Å²) in [5.41, 5.74) is 2.74. The number of aryl methyl sites for hydroxylation is 1. The van der Waals surface area contributed by atoms with E-state index in [1.807, 2.05) is 30.3 Å². The number of rotatable bonds is 12. The number of nitrogens with one attached hydrogen (secondary N) is 2. The normalized spacial score (nSPS) is 11.0. The van der Waals surface area contributed by atoms with Crippen molar-refractivity contribution < 1.29 is 18.3 Å². The van der Waals surface area contributed by atoms with Crippen molar-refractivity contribution in [2.75, 3.05) is 26.2 Å². The molecule has 0 radical (unpaired) electrons. The second kappa shape index (κ2) is 12.7. The predicted octanol–water partition coefficient (Wildman–Crippen LogP) is 4.41. The Hall–Kier alpha value is -3.09. The molecule has 0 atom stereocenters. The van der Waals surface area contributed by atoms with Gasteiger partial charge >= 0.3 is 0 Å². The van der Waals surface area contributed by atoms with Gasteiger partial charge in [-0.25, -0.2) is 8.78 Å². The molecule has 0 unspecified atom stereocenters. The van der Waals surface area contributed by atoms with Crippen LogP contribution >= 0.6 is 0 Å². The number of halogens is 2. The first-order chi connectivity index (χ1) is 15.6.